The van der Waals surface area contributed by atoms with Crippen LogP contribution >= 0.6 is 15.9 Å². The summed E-state index contributed by atoms with van der Waals surface area (Å²) in [5, 5.41) is 10.5. The summed E-state index contributed by atoms with van der Waals surface area (Å²) in [6.45, 7) is 3.94. The highest BCUT2D eigenvalue weighted by molar-refractivity contribution is 9.10. The average molecular weight is 397 g/mol. The van der Waals surface area contributed by atoms with Gasteiger partial charge in [0.15, 0.2) is 5.96 Å². The van der Waals surface area contributed by atoms with Crippen molar-refractivity contribution in [2.45, 2.75) is 26.3 Å². The molecule has 0 unspecified atom stereocenters. The summed E-state index contributed by atoms with van der Waals surface area (Å²) in [5.41, 5.74) is 0.723. The Morgan fingerprint density at radius 3 is 2.88 bits per heavy atom. The van der Waals surface area contributed by atoms with E-state index in [2.05, 4.69) is 41.6 Å². The largest absolute Gasteiger partial charge is 0.357 e. The molecule has 0 aliphatic rings. The summed E-state index contributed by atoms with van der Waals surface area (Å²) >= 11 is 3.27. The Balaban J connectivity index is 1.81. The molecule has 0 saturated carbocycles. The number of aryl methyl sites for hydroxylation is 2. The summed E-state index contributed by atoms with van der Waals surface area (Å²) in [5.74, 6) is 1.34. The molecule has 0 bridgehead atoms. The number of aliphatic imine (C=N–C) groups is 1. The number of aromatic nitrogens is 3. The molecule has 0 radical (unpaired) electrons. The first-order valence-electron chi connectivity index (χ1n) is 7.89. The lowest BCUT2D eigenvalue weighted by molar-refractivity contribution is 0.601. The van der Waals surface area contributed by atoms with Gasteiger partial charge in [-0.15, -0.1) is 0 Å². The Kier molecular flexibility index (Phi) is 7.17. The first-order valence-corrected chi connectivity index (χ1v) is 8.68. The molecule has 1 aromatic carbocycles. The predicted octanol–water partition coefficient (Wildman–Crippen LogP) is 2.40. The molecule has 2 aromatic rings. The van der Waals surface area contributed by atoms with Crippen molar-refractivity contribution in [3.8, 4) is 0 Å². The van der Waals surface area contributed by atoms with E-state index in [0.717, 1.165) is 34.8 Å². The Morgan fingerprint density at radius 1 is 1.38 bits per heavy atom. The van der Waals surface area contributed by atoms with Crippen molar-refractivity contribution >= 4 is 21.9 Å². The molecule has 1 heterocycles. The fourth-order valence-electron chi connectivity index (χ4n) is 2.16. The van der Waals surface area contributed by atoms with Gasteiger partial charge in [-0.3, -0.25) is 4.68 Å². The smallest absolute Gasteiger partial charge is 0.191 e. The quantitative estimate of drug-likeness (QED) is 0.428. The van der Waals surface area contributed by atoms with Crippen molar-refractivity contribution in [1.82, 2.24) is 25.4 Å². The monoisotopic (exact) mass is 396 g/mol. The van der Waals surface area contributed by atoms with Crippen molar-refractivity contribution in [2.24, 2.45) is 12.0 Å². The van der Waals surface area contributed by atoms with Gasteiger partial charge >= 0.3 is 0 Å². The molecule has 24 heavy (non-hydrogen) atoms. The van der Waals surface area contributed by atoms with Crippen molar-refractivity contribution in [3.63, 3.8) is 0 Å². The standard InChI is InChI=1S/C16H22BrFN6/c1-3-19-16(21-10-15-22-11-23-24(15)2)20-8-4-5-12-6-7-13(17)9-14(12)18/h6-7,9,11H,3-5,8,10H2,1-2H3,(H2,19,20,21). The van der Waals surface area contributed by atoms with Crippen LogP contribution < -0.4 is 10.6 Å². The molecule has 6 nitrogen and oxygen atoms in total. The van der Waals surface area contributed by atoms with Gasteiger partial charge in [-0.1, -0.05) is 22.0 Å². The Hall–Kier alpha value is -1.96. The highest BCUT2D eigenvalue weighted by Gasteiger charge is 2.04. The third-order valence-electron chi connectivity index (χ3n) is 3.46. The SMILES string of the molecule is CCNC(=NCc1ncnn1C)NCCCc1ccc(Br)cc1F. The fourth-order valence-corrected chi connectivity index (χ4v) is 2.50. The van der Waals surface area contributed by atoms with Gasteiger partial charge in [0.2, 0.25) is 0 Å². The lowest BCUT2D eigenvalue weighted by Crippen LogP contribution is -2.38. The summed E-state index contributed by atoms with van der Waals surface area (Å²) in [6, 6.07) is 5.17. The number of benzene rings is 1. The molecule has 130 valence electrons. The van der Waals surface area contributed by atoms with E-state index in [-0.39, 0.29) is 5.82 Å². The van der Waals surface area contributed by atoms with Crippen LogP contribution in [-0.4, -0.2) is 33.8 Å². The van der Waals surface area contributed by atoms with E-state index in [4.69, 9.17) is 0 Å². The van der Waals surface area contributed by atoms with Gasteiger partial charge < -0.3 is 10.6 Å². The summed E-state index contributed by atoms with van der Waals surface area (Å²) in [7, 11) is 1.84. The predicted molar refractivity (Wildman–Crippen MR) is 96.2 cm³/mol. The minimum absolute atomic E-state index is 0.174. The highest BCUT2D eigenvalue weighted by atomic mass is 79.9. The lowest BCUT2D eigenvalue weighted by atomic mass is 10.1. The van der Waals surface area contributed by atoms with E-state index in [9.17, 15) is 4.39 Å². The number of rotatable bonds is 7. The maximum absolute atomic E-state index is 13.8. The van der Waals surface area contributed by atoms with Crippen LogP contribution in [0.1, 0.15) is 24.7 Å². The molecular weight excluding hydrogens is 375 g/mol. The zero-order chi connectivity index (χ0) is 17.4. The van der Waals surface area contributed by atoms with Crippen LogP contribution in [0.4, 0.5) is 4.39 Å². The van der Waals surface area contributed by atoms with Crippen molar-refractivity contribution in [2.75, 3.05) is 13.1 Å². The fraction of sp³-hybridized carbons (Fsp3) is 0.438. The van der Waals surface area contributed by atoms with E-state index < -0.39 is 0 Å². The molecule has 2 rings (SSSR count). The minimum atomic E-state index is -0.174. The summed E-state index contributed by atoms with van der Waals surface area (Å²) < 4.78 is 16.2. The molecule has 0 spiro atoms. The molecule has 1 aromatic heterocycles. The normalized spacial score (nSPS) is 11.6. The van der Waals surface area contributed by atoms with Crippen LogP contribution in [0, 0.1) is 5.82 Å². The number of hydrogen-bond donors (Lipinski definition) is 2. The van der Waals surface area contributed by atoms with Crippen LogP contribution in [0.2, 0.25) is 0 Å². The lowest BCUT2D eigenvalue weighted by Gasteiger charge is -2.11. The number of nitrogens with one attached hydrogen (secondary N) is 2. The number of halogens is 2. The van der Waals surface area contributed by atoms with Crippen molar-refractivity contribution in [1.29, 1.82) is 0 Å². The van der Waals surface area contributed by atoms with E-state index in [0.29, 0.717) is 19.5 Å². The molecule has 2 N–H and O–H groups in total. The second kappa shape index (κ2) is 9.36. The highest BCUT2D eigenvalue weighted by Crippen LogP contribution is 2.16. The second-order valence-corrected chi connectivity index (χ2v) is 6.18. The van der Waals surface area contributed by atoms with Crippen LogP contribution in [-0.2, 0) is 20.0 Å². The maximum atomic E-state index is 13.8. The zero-order valence-corrected chi connectivity index (χ0v) is 15.5. The van der Waals surface area contributed by atoms with Gasteiger partial charge in [0.25, 0.3) is 0 Å². The minimum Gasteiger partial charge on any atom is -0.357 e. The van der Waals surface area contributed by atoms with Gasteiger partial charge in [-0.25, -0.2) is 14.4 Å². The first-order chi connectivity index (χ1) is 11.6. The molecule has 8 heteroatoms. The topological polar surface area (TPSA) is 67.1 Å². The Morgan fingerprint density at radius 2 is 2.21 bits per heavy atom. The molecule has 0 atom stereocenters. The van der Waals surface area contributed by atoms with Crippen molar-refractivity contribution < 1.29 is 4.39 Å². The van der Waals surface area contributed by atoms with Gasteiger partial charge in [-0.05, 0) is 37.5 Å². The van der Waals surface area contributed by atoms with Gasteiger partial charge in [-0.2, -0.15) is 5.10 Å². The molecular formula is C16H22BrFN6. The Labute approximate surface area is 149 Å². The van der Waals surface area contributed by atoms with E-state index in [1.54, 1.807) is 4.68 Å². The van der Waals surface area contributed by atoms with E-state index in [1.807, 2.05) is 26.1 Å². The van der Waals surface area contributed by atoms with Gasteiger partial charge in [0.1, 0.15) is 24.5 Å². The molecule has 0 aliphatic carbocycles. The van der Waals surface area contributed by atoms with Crippen LogP contribution in [0.3, 0.4) is 0 Å². The molecule has 0 fully saturated rings. The van der Waals surface area contributed by atoms with Gasteiger partial charge in [0, 0.05) is 24.6 Å². The van der Waals surface area contributed by atoms with Crippen LogP contribution in [0.15, 0.2) is 34.0 Å². The molecule has 0 saturated heterocycles. The number of nitrogens with zero attached hydrogens (tertiary/aromatic N) is 4. The summed E-state index contributed by atoms with van der Waals surface area (Å²) in [6.07, 6.45) is 3.00. The number of hydrogen-bond acceptors (Lipinski definition) is 3. The van der Waals surface area contributed by atoms with E-state index >= 15 is 0 Å². The number of guanidine groups is 1. The van der Waals surface area contributed by atoms with Gasteiger partial charge in [0.05, 0.1) is 0 Å². The van der Waals surface area contributed by atoms with Crippen molar-refractivity contribution in [3.05, 3.63) is 46.2 Å². The third-order valence-corrected chi connectivity index (χ3v) is 3.95. The zero-order valence-electron chi connectivity index (χ0n) is 13.9. The molecule has 0 amide bonds. The average Bonchev–Trinajstić information content (AvgIpc) is 2.96. The second-order valence-electron chi connectivity index (χ2n) is 5.26. The van der Waals surface area contributed by atoms with Crippen LogP contribution in [0.25, 0.3) is 0 Å². The Bertz CT molecular complexity index is 685. The first kappa shape index (κ1) is 18.4. The van der Waals surface area contributed by atoms with E-state index in [1.165, 1.54) is 12.4 Å². The molecule has 0 aliphatic heterocycles. The maximum Gasteiger partial charge on any atom is 0.191 e. The summed E-state index contributed by atoms with van der Waals surface area (Å²) in [4.78, 5) is 8.63. The third kappa shape index (κ3) is 5.59. The van der Waals surface area contributed by atoms with Crippen LogP contribution in [0.5, 0.6) is 0 Å².